The SMILES string of the molecule is Cl.N[C@@H](c1cccc(C(F)(F)F)c1F)[C@H](O)C1CCCCC1. The molecule has 2 atom stereocenters. The normalized spacial score (nSPS) is 19.4. The summed E-state index contributed by atoms with van der Waals surface area (Å²) >= 11 is 0. The van der Waals surface area contributed by atoms with Gasteiger partial charge in [0.1, 0.15) is 5.82 Å². The van der Waals surface area contributed by atoms with Gasteiger partial charge in [-0.05, 0) is 24.8 Å². The van der Waals surface area contributed by atoms with Gasteiger partial charge in [-0.2, -0.15) is 13.2 Å². The van der Waals surface area contributed by atoms with E-state index in [2.05, 4.69) is 0 Å². The van der Waals surface area contributed by atoms with Crippen LogP contribution in [0.15, 0.2) is 18.2 Å². The molecule has 0 radical (unpaired) electrons. The minimum absolute atomic E-state index is 0. The predicted octanol–water partition coefficient (Wildman–Crippen LogP) is 4.21. The lowest BCUT2D eigenvalue weighted by Gasteiger charge is -2.31. The molecule has 0 bridgehead atoms. The Bertz CT molecular complexity index is 489. The molecule has 1 fully saturated rings. The maximum absolute atomic E-state index is 14.0. The molecular weight excluding hydrogens is 322 g/mol. The third-order valence-electron chi connectivity index (χ3n) is 4.19. The van der Waals surface area contributed by atoms with Gasteiger partial charge in [0.05, 0.1) is 17.7 Å². The Morgan fingerprint density at radius 3 is 2.27 bits per heavy atom. The van der Waals surface area contributed by atoms with Gasteiger partial charge in [0.2, 0.25) is 0 Å². The van der Waals surface area contributed by atoms with Crippen molar-refractivity contribution in [2.75, 3.05) is 0 Å². The molecule has 0 saturated heterocycles. The van der Waals surface area contributed by atoms with E-state index in [9.17, 15) is 22.7 Å². The van der Waals surface area contributed by atoms with Crippen LogP contribution in [0.1, 0.15) is 49.3 Å². The van der Waals surface area contributed by atoms with Crippen LogP contribution in [-0.2, 0) is 6.18 Å². The Labute approximate surface area is 133 Å². The molecule has 1 saturated carbocycles. The van der Waals surface area contributed by atoms with Gasteiger partial charge in [-0.3, -0.25) is 0 Å². The maximum atomic E-state index is 14.0. The third-order valence-corrected chi connectivity index (χ3v) is 4.19. The maximum Gasteiger partial charge on any atom is 0.419 e. The molecule has 1 aliphatic carbocycles. The van der Waals surface area contributed by atoms with Crippen molar-refractivity contribution < 1.29 is 22.7 Å². The fourth-order valence-corrected chi connectivity index (χ4v) is 2.98. The fourth-order valence-electron chi connectivity index (χ4n) is 2.98. The van der Waals surface area contributed by atoms with E-state index in [4.69, 9.17) is 5.73 Å². The molecule has 0 aliphatic heterocycles. The van der Waals surface area contributed by atoms with Crippen LogP contribution in [-0.4, -0.2) is 11.2 Å². The molecule has 1 aromatic carbocycles. The minimum atomic E-state index is -4.77. The van der Waals surface area contributed by atoms with Gasteiger partial charge in [-0.25, -0.2) is 4.39 Å². The van der Waals surface area contributed by atoms with Gasteiger partial charge in [0, 0.05) is 5.56 Å². The second-order valence-electron chi connectivity index (χ2n) is 5.62. The van der Waals surface area contributed by atoms with Gasteiger partial charge in [0.25, 0.3) is 0 Å². The van der Waals surface area contributed by atoms with Gasteiger partial charge < -0.3 is 10.8 Å². The molecule has 2 rings (SSSR count). The van der Waals surface area contributed by atoms with Crippen LogP contribution in [0.2, 0.25) is 0 Å². The van der Waals surface area contributed by atoms with Gasteiger partial charge in [-0.1, -0.05) is 31.4 Å². The number of aliphatic hydroxyl groups is 1. The van der Waals surface area contributed by atoms with Crippen LogP contribution in [0.4, 0.5) is 17.6 Å². The topological polar surface area (TPSA) is 46.2 Å². The van der Waals surface area contributed by atoms with E-state index < -0.39 is 29.7 Å². The Balaban J connectivity index is 0.00000242. The van der Waals surface area contributed by atoms with Crippen molar-refractivity contribution in [1.82, 2.24) is 0 Å². The second kappa shape index (κ2) is 7.62. The van der Waals surface area contributed by atoms with E-state index in [0.717, 1.165) is 38.2 Å². The number of halogens is 5. The van der Waals surface area contributed by atoms with E-state index in [0.29, 0.717) is 6.07 Å². The largest absolute Gasteiger partial charge is 0.419 e. The first-order valence-electron chi connectivity index (χ1n) is 7.11. The Morgan fingerprint density at radius 2 is 1.73 bits per heavy atom. The number of rotatable bonds is 3. The van der Waals surface area contributed by atoms with Crippen LogP contribution in [0.25, 0.3) is 0 Å². The smallest absolute Gasteiger partial charge is 0.391 e. The molecule has 0 heterocycles. The van der Waals surface area contributed by atoms with Gasteiger partial charge in [0.15, 0.2) is 0 Å². The van der Waals surface area contributed by atoms with E-state index in [1.54, 1.807) is 0 Å². The lowest BCUT2D eigenvalue weighted by molar-refractivity contribution is -0.140. The van der Waals surface area contributed by atoms with E-state index in [1.807, 2.05) is 0 Å². The van der Waals surface area contributed by atoms with Crippen molar-refractivity contribution >= 4 is 12.4 Å². The highest BCUT2D eigenvalue weighted by Crippen LogP contribution is 2.36. The van der Waals surface area contributed by atoms with Crippen molar-refractivity contribution in [3.8, 4) is 0 Å². The lowest BCUT2D eigenvalue weighted by atomic mass is 9.81. The summed E-state index contributed by atoms with van der Waals surface area (Å²) in [6.45, 7) is 0. The molecule has 2 nitrogen and oxygen atoms in total. The monoisotopic (exact) mass is 341 g/mol. The first-order chi connectivity index (χ1) is 9.82. The number of hydrogen-bond donors (Lipinski definition) is 2. The molecule has 7 heteroatoms. The summed E-state index contributed by atoms with van der Waals surface area (Å²) in [5.74, 6) is -1.46. The molecule has 1 aliphatic rings. The molecule has 0 unspecified atom stereocenters. The van der Waals surface area contributed by atoms with Crippen LogP contribution in [0, 0.1) is 11.7 Å². The zero-order chi connectivity index (χ0) is 15.6. The van der Waals surface area contributed by atoms with Crippen LogP contribution >= 0.6 is 12.4 Å². The third kappa shape index (κ3) is 4.12. The standard InChI is InChI=1S/C15H19F4NO.ClH/c16-12-10(7-4-8-11(12)15(17,18)19)13(20)14(21)9-5-2-1-3-6-9;/h4,7-9,13-14,21H,1-3,5-6,20H2;1H/t13-,14+;/m0./s1. The van der Waals surface area contributed by atoms with E-state index in [1.165, 1.54) is 6.07 Å². The van der Waals surface area contributed by atoms with Crippen molar-refractivity contribution in [2.24, 2.45) is 11.7 Å². The summed E-state index contributed by atoms with van der Waals surface area (Å²) in [4.78, 5) is 0. The summed E-state index contributed by atoms with van der Waals surface area (Å²) in [7, 11) is 0. The highest BCUT2D eigenvalue weighted by Gasteiger charge is 2.37. The number of aliphatic hydroxyl groups excluding tert-OH is 1. The fraction of sp³-hybridized carbons (Fsp3) is 0.600. The van der Waals surface area contributed by atoms with Crippen molar-refractivity contribution in [3.05, 3.63) is 35.1 Å². The van der Waals surface area contributed by atoms with Crippen molar-refractivity contribution in [3.63, 3.8) is 0 Å². The number of nitrogens with two attached hydrogens (primary N) is 1. The number of alkyl halides is 3. The van der Waals surface area contributed by atoms with Crippen LogP contribution in [0.5, 0.6) is 0 Å². The molecule has 0 spiro atoms. The van der Waals surface area contributed by atoms with Crippen molar-refractivity contribution in [1.29, 1.82) is 0 Å². The number of hydrogen-bond acceptors (Lipinski definition) is 2. The first kappa shape index (κ1) is 19.2. The van der Waals surface area contributed by atoms with Gasteiger partial charge in [-0.15, -0.1) is 12.4 Å². The minimum Gasteiger partial charge on any atom is -0.391 e. The quantitative estimate of drug-likeness (QED) is 0.809. The van der Waals surface area contributed by atoms with Crippen LogP contribution in [0.3, 0.4) is 0 Å². The highest BCUT2D eigenvalue weighted by molar-refractivity contribution is 5.85. The second-order valence-corrected chi connectivity index (χ2v) is 5.62. The lowest BCUT2D eigenvalue weighted by Crippen LogP contribution is -2.35. The first-order valence-corrected chi connectivity index (χ1v) is 7.11. The Kier molecular flexibility index (Phi) is 6.65. The van der Waals surface area contributed by atoms with Gasteiger partial charge >= 0.3 is 6.18 Å². The molecule has 126 valence electrons. The van der Waals surface area contributed by atoms with E-state index in [-0.39, 0.29) is 23.9 Å². The summed E-state index contributed by atoms with van der Waals surface area (Å²) in [5, 5.41) is 10.2. The average Bonchev–Trinajstić information content (AvgIpc) is 2.45. The molecule has 3 N–H and O–H groups in total. The molecular formula is C15H20ClF4NO. The molecule has 22 heavy (non-hydrogen) atoms. The zero-order valence-electron chi connectivity index (χ0n) is 11.9. The summed E-state index contributed by atoms with van der Waals surface area (Å²) < 4.78 is 52.1. The Hall–Kier alpha value is -0.850. The highest BCUT2D eigenvalue weighted by atomic mass is 35.5. The van der Waals surface area contributed by atoms with E-state index >= 15 is 0 Å². The summed E-state index contributed by atoms with van der Waals surface area (Å²) in [6.07, 6.45) is -1.25. The predicted molar refractivity (Wildman–Crippen MR) is 78.2 cm³/mol. The van der Waals surface area contributed by atoms with Crippen molar-refractivity contribution in [2.45, 2.75) is 50.4 Å². The molecule has 0 aromatic heterocycles. The van der Waals surface area contributed by atoms with Crippen LogP contribution < -0.4 is 5.73 Å². The average molecular weight is 342 g/mol. The summed E-state index contributed by atoms with van der Waals surface area (Å²) in [5.41, 5.74) is 4.21. The molecule has 0 amide bonds. The molecule has 1 aromatic rings. The Morgan fingerprint density at radius 1 is 1.14 bits per heavy atom. The number of benzene rings is 1. The summed E-state index contributed by atoms with van der Waals surface area (Å²) in [6, 6.07) is 1.87. The zero-order valence-corrected chi connectivity index (χ0v) is 12.8.